The van der Waals surface area contributed by atoms with Crippen molar-refractivity contribution in [3.8, 4) is 17.2 Å². The number of hydrogen-bond acceptors (Lipinski definition) is 6. The third-order valence-corrected chi connectivity index (χ3v) is 3.27. The van der Waals surface area contributed by atoms with Gasteiger partial charge in [0, 0.05) is 17.8 Å². The van der Waals surface area contributed by atoms with Crippen LogP contribution in [-0.2, 0) is 9.53 Å². The Morgan fingerprint density at radius 2 is 1.52 bits per heavy atom. The van der Waals surface area contributed by atoms with Gasteiger partial charge in [-0.15, -0.1) is 0 Å². The lowest BCUT2D eigenvalue weighted by Gasteiger charge is -2.09. The van der Waals surface area contributed by atoms with Gasteiger partial charge in [0.05, 0.1) is 26.9 Å². The Balaban J connectivity index is 1.96. The molecule has 2 aromatic carbocycles. The van der Waals surface area contributed by atoms with E-state index < -0.39 is 18.5 Å². The summed E-state index contributed by atoms with van der Waals surface area (Å²) < 4.78 is 20.3. The van der Waals surface area contributed by atoms with Gasteiger partial charge in [0.1, 0.15) is 17.2 Å². The summed E-state index contributed by atoms with van der Waals surface area (Å²) in [5.41, 5.74) is 0.772. The number of ether oxygens (including phenoxy) is 4. The first-order valence-electron chi connectivity index (χ1n) is 7.40. The van der Waals surface area contributed by atoms with Crippen molar-refractivity contribution in [1.82, 2.24) is 0 Å². The Hall–Kier alpha value is -3.22. The summed E-state index contributed by atoms with van der Waals surface area (Å²) in [7, 11) is 4.49. The second-order valence-electron chi connectivity index (χ2n) is 4.96. The highest BCUT2D eigenvalue weighted by Gasteiger charge is 2.13. The van der Waals surface area contributed by atoms with Crippen LogP contribution in [0.15, 0.2) is 42.5 Å². The van der Waals surface area contributed by atoms with Crippen molar-refractivity contribution in [2.45, 2.75) is 0 Å². The molecule has 0 atom stereocenters. The van der Waals surface area contributed by atoms with Crippen LogP contribution < -0.4 is 19.5 Å². The van der Waals surface area contributed by atoms with Crippen molar-refractivity contribution in [3.05, 3.63) is 48.0 Å². The molecule has 0 bridgehead atoms. The summed E-state index contributed by atoms with van der Waals surface area (Å²) in [6, 6.07) is 11.5. The van der Waals surface area contributed by atoms with Crippen LogP contribution in [0.3, 0.4) is 0 Å². The van der Waals surface area contributed by atoms with Crippen LogP contribution in [0.1, 0.15) is 10.4 Å². The molecule has 1 N–H and O–H groups in total. The van der Waals surface area contributed by atoms with Gasteiger partial charge in [0.25, 0.3) is 5.91 Å². The summed E-state index contributed by atoms with van der Waals surface area (Å²) in [6.45, 7) is -0.421. The van der Waals surface area contributed by atoms with E-state index in [4.69, 9.17) is 18.9 Å². The third kappa shape index (κ3) is 5.13. The van der Waals surface area contributed by atoms with Gasteiger partial charge in [-0.25, -0.2) is 4.79 Å². The number of anilines is 1. The highest BCUT2D eigenvalue weighted by Crippen LogP contribution is 2.23. The molecule has 0 heterocycles. The molecular formula is C18H19NO6. The fourth-order valence-electron chi connectivity index (χ4n) is 2.04. The Kier molecular flexibility index (Phi) is 6.22. The van der Waals surface area contributed by atoms with Gasteiger partial charge in [0.15, 0.2) is 6.61 Å². The normalized spacial score (nSPS) is 9.88. The van der Waals surface area contributed by atoms with Crippen molar-refractivity contribution in [2.75, 3.05) is 33.3 Å². The number of carbonyl (C=O) groups is 2. The molecular weight excluding hydrogens is 326 g/mol. The zero-order valence-corrected chi connectivity index (χ0v) is 14.2. The zero-order chi connectivity index (χ0) is 18.2. The minimum absolute atomic E-state index is 0.227. The van der Waals surface area contributed by atoms with Crippen molar-refractivity contribution >= 4 is 17.6 Å². The smallest absolute Gasteiger partial charge is 0.338 e. The minimum Gasteiger partial charge on any atom is -0.497 e. The number of nitrogens with one attached hydrogen (secondary N) is 1. The maximum absolute atomic E-state index is 12.1. The monoisotopic (exact) mass is 345 g/mol. The lowest BCUT2D eigenvalue weighted by molar-refractivity contribution is -0.119. The summed E-state index contributed by atoms with van der Waals surface area (Å²) in [5.74, 6) is 0.395. The van der Waals surface area contributed by atoms with Crippen LogP contribution in [0, 0.1) is 0 Å². The molecule has 0 fully saturated rings. The van der Waals surface area contributed by atoms with Gasteiger partial charge < -0.3 is 24.3 Å². The van der Waals surface area contributed by atoms with E-state index in [2.05, 4.69) is 5.32 Å². The number of hydrogen-bond donors (Lipinski definition) is 1. The topological polar surface area (TPSA) is 83.1 Å². The van der Waals surface area contributed by atoms with Crippen molar-refractivity contribution in [1.29, 1.82) is 0 Å². The molecule has 0 saturated heterocycles. The lowest BCUT2D eigenvalue weighted by atomic mass is 10.2. The number of benzene rings is 2. The standard InChI is InChI=1S/C18H19NO6/c1-22-14-6-4-5-13(9-14)19-17(20)11-25-18(21)12-7-15(23-2)10-16(8-12)24-3/h4-10H,11H2,1-3H3,(H,19,20). The van der Waals surface area contributed by atoms with Gasteiger partial charge in [-0.3, -0.25) is 4.79 Å². The first-order chi connectivity index (χ1) is 12.0. The highest BCUT2D eigenvalue weighted by molar-refractivity contribution is 5.96. The van der Waals surface area contributed by atoms with Gasteiger partial charge in [-0.1, -0.05) is 6.07 Å². The van der Waals surface area contributed by atoms with Gasteiger partial charge >= 0.3 is 5.97 Å². The van der Waals surface area contributed by atoms with E-state index in [1.54, 1.807) is 30.3 Å². The first-order valence-corrected chi connectivity index (χ1v) is 7.40. The third-order valence-electron chi connectivity index (χ3n) is 3.27. The Morgan fingerprint density at radius 3 is 2.12 bits per heavy atom. The van der Waals surface area contributed by atoms with Crippen molar-refractivity contribution in [3.63, 3.8) is 0 Å². The molecule has 7 nitrogen and oxygen atoms in total. The highest BCUT2D eigenvalue weighted by atomic mass is 16.5. The average Bonchev–Trinajstić information content (AvgIpc) is 2.65. The van der Waals surface area contributed by atoms with Crippen LogP contribution in [0.25, 0.3) is 0 Å². The number of carbonyl (C=O) groups excluding carboxylic acids is 2. The predicted molar refractivity (Wildman–Crippen MR) is 91.5 cm³/mol. The molecule has 25 heavy (non-hydrogen) atoms. The first kappa shape index (κ1) is 18.1. The van der Waals surface area contributed by atoms with Crippen LogP contribution in [-0.4, -0.2) is 39.8 Å². The summed E-state index contributed by atoms with van der Waals surface area (Å²) in [4.78, 5) is 24.0. The molecule has 2 aromatic rings. The predicted octanol–water partition coefficient (Wildman–Crippen LogP) is 2.51. The zero-order valence-electron chi connectivity index (χ0n) is 14.2. The largest absolute Gasteiger partial charge is 0.497 e. The van der Waals surface area contributed by atoms with E-state index >= 15 is 0 Å². The number of amides is 1. The fourth-order valence-corrected chi connectivity index (χ4v) is 2.04. The molecule has 132 valence electrons. The molecule has 0 radical (unpaired) electrons. The van der Waals surface area contributed by atoms with E-state index in [1.807, 2.05) is 0 Å². The number of esters is 1. The molecule has 2 rings (SSSR count). The van der Waals surface area contributed by atoms with Crippen LogP contribution in [0.4, 0.5) is 5.69 Å². The van der Waals surface area contributed by atoms with E-state index in [0.717, 1.165) is 0 Å². The molecule has 0 aliphatic rings. The van der Waals surface area contributed by atoms with Crippen molar-refractivity contribution in [2.24, 2.45) is 0 Å². The average molecular weight is 345 g/mol. The molecule has 0 unspecified atom stereocenters. The molecule has 0 aliphatic carbocycles. The Bertz CT molecular complexity index is 737. The van der Waals surface area contributed by atoms with Crippen LogP contribution >= 0.6 is 0 Å². The van der Waals surface area contributed by atoms with E-state index in [0.29, 0.717) is 22.9 Å². The SMILES string of the molecule is COc1cccc(NC(=O)COC(=O)c2cc(OC)cc(OC)c2)c1. The molecule has 1 amide bonds. The maximum Gasteiger partial charge on any atom is 0.338 e. The van der Waals surface area contributed by atoms with Gasteiger partial charge in [-0.2, -0.15) is 0 Å². The van der Waals surface area contributed by atoms with E-state index in [9.17, 15) is 9.59 Å². The molecule has 0 aliphatic heterocycles. The van der Waals surface area contributed by atoms with Gasteiger partial charge in [-0.05, 0) is 24.3 Å². The fraction of sp³-hybridized carbons (Fsp3) is 0.222. The Morgan fingerprint density at radius 1 is 0.880 bits per heavy atom. The maximum atomic E-state index is 12.1. The number of methoxy groups -OCH3 is 3. The quantitative estimate of drug-likeness (QED) is 0.777. The van der Waals surface area contributed by atoms with Crippen LogP contribution in [0.2, 0.25) is 0 Å². The van der Waals surface area contributed by atoms with E-state index in [-0.39, 0.29) is 5.56 Å². The summed E-state index contributed by atoms with van der Waals surface area (Å²) in [6.07, 6.45) is 0. The second kappa shape index (κ2) is 8.58. The minimum atomic E-state index is -0.655. The second-order valence-corrected chi connectivity index (χ2v) is 4.96. The molecule has 7 heteroatoms. The molecule has 0 aromatic heterocycles. The van der Waals surface area contributed by atoms with Crippen molar-refractivity contribution < 1.29 is 28.5 Å². The number of rotatable bonds is 7. The summed E-state index contributed by atoms with van der Waals surface area (Å²) in [5, 5.41) is 2.62. The van der Waals surface area contributed by atoms with Crippen LogP contribution in [0.5, 0.6) is 17.2 Å². The van der Waals surface area contributed by atoms with E-state index in [1.165, 1.54) is 33.5 Å². The lowest BCUT2D eigenvalue weighted by Crippen LogP contribution is -2.21. The Labute approximate surface area is 145 Å². The molecule has 0 spiro atoms. The van der Waals surface area contributed by atoms with Gasteiger partial charge in [0.2, 0.25) is 0 Å². The summed E-state index contributed by atoms with van der Waals surface area (Å²) >= 11 is 0. The molecule has 0 saturated carbocycles.